The molecule has 0 heterocycles. The second-order valence-corrected chi connectivity index (χ2v) is 6.59. The fraction of sp³-hybridized carbons (Fsp3) is 1.00. The third kappa shape index (κ3) is 42.8. The van der Waals surface area contributed by atoms with Gasteiger partial charge in [-0.1, -0.05) is 104 Å². The maximum atomic E-state index is 8.74. The van der Waals surface area contributed by atoms with Gasteiger partial charge in [0, 0.05) is 0 Å². The first-order valence-corrected chi connectivity index (χ1v) is 10.0. The summed E-state index contributed by atoms with van der Waals surface area (Å²) < 4.78 is 31.6. The summed E-state index contributed by atoms with van der Waals surface area (Å²) in [5.41, 5.74) is 0. The van der Waals surface area contributed by atoms with E-state index in [1.54, 1.807) is 0 Å². The minimum absolute atomic E-state index is 0. The Balaban J connectivity index is -0.000000225. The molecule has 0 radical (unpaired) electrons. The number of unbranched alkanes of at least 4 members (excludes halogenated alkanes) is 13. The molecule has 0 aromatic heterocycles. The van der Waals surface area contributed by atoms with E-state index in [1.165, 1.54) is 89.9 Å². The van der Waals surface area contributed by atoms with Gasteiger partial charge in [0.05, 0.1) is 0 Å². The van der Waals surface area contributed by atoms with E-state index in [2.05, 4.69) is 13.8 Å². The van der Waals surface area contributed by atoms with Crippen molar-refractivity contribution in [3.05, 3.63) is 0 Å². The van der Waals surface area contributed by atoms with Crippen molar-refractivity contribution >= 4 is 10.4 Å². The zero-order chi connectivity index (χ0) is 16.4. The maximum Gasteiger partial charge on any atom is 1.00 e. The summed E-state index contributed by atoms with van der Waals surface area (Å²) in [5.74, 6) is 0. The van der Waals surface area contributed by atoms with Crippen LogP contribution in [0.2, 0.25) is 0 Å². The SMILES string of the molecule is CCCCCCCCCCCCCCCC.O=S(=O)(O)O.[H-].[Na+]. The van der Waals surface area contributed by atoms with Crippen LogP contribution in [0.1, 0.15) is 105 Å². The molecule has 0 saturated heterocycles. The minimum Gasteiger partial charge on any atom is -1.00 e. The Morgan fingerprint density at radius 1 is 0.591 bits per heavy atom. The maximum absolute atomic E-state index is 8.74. The Kier molecular flexibility index (Phi) is 27.5. The molecule has 0 aromatic rings. The summed E-state index contributed by atoms with van der Waals surface area (Å²) in [4.78, 5) is 0. The molecule has 0 aliphatic carbocycles. The van der Waals surface area contributed by atoms with Crippen molar-refractivity contribution in [2.24, 2.45) is 0 Å². The van der Waals surface area contributed by atoms with Crippen LogP contribution in [0.4, 0.5) is 0 Å². The topological polar surface area (TPSA) is 74.6 Å². The van der Waals surface area contributed by atoms with Gasteiger partial charge in [-0.05, 0) is 0 Å². The van der Waals surface area contributed by atoms with E-state index in [0.29, 0.717) is 0 Å². The van der Waals surface area contributed by atoms with Crippen LogP contribution in [-0.4, -0.2) is 17.5 Å². The number of rotatable bonds is 13. The smallest absolute Gasteiger partial charge is 1.00 e. The molecule has 132 valence electrons. The van der Waals surface area contributed by atoms with Crippen molar-refractivity contribution in [2.75, 3.05) is 0 Å². The quantitative estimate of drug-likeness (QED) is 0.305. The van der Waals surface area contributed by atoms with Gasteiger partial charge >= 0.3 is 40.0 Å². The normalized spacial score (nSPS) is 10.5. The van der Waals surface area contributed by atoms with Gasteiger partial charge in [0.2, 0.25) is 0 Å². The fourth-order valence-corrected chi connectivity index (χ4v) is 2.27. The third-order valence-electron chi connectivity index (χ3n) is 3.46. The second kappa shape index (κ2) is 21.9. The average Bonchev–Trinajstić information content (AvgIpc) is 2.38. The Morgan fingerprint density at radius 3 is 0.864 bits per heavy atom. The van der Waals surface area contributed by atoms with Gasteiger partial charge in [0.25, 0.3) is 0 Å². The first-order chi connectivity index (χ1) is 9.91. The van der Waals surface area contributed by atoms with E-state index in [0.717, 1.165) is 0 Å². The standard InChI is InChI=1S/C16H34.Na.H2O4S.H/c1-3-5-7-9-11-13-15-16-14-12-10-8-6-4-2;;1-5(2,3)4;/h3-16H2,1-2H3;;(H2,1,2,3,4);/q;+1;;-1. The number of hydrogen-bond donors (Lipinski definition) is 2. The Morgan fingerprint density at radius 2 is 0.727 bits per heavy atom. The molecule has 4 nitrogen and oxygen atoms in total. The van der Waals surface area contributed by atoms with Crippen LogP contribution < -0.4 is 29.6 Å². The molecule has 0 fully saturated rings. The summed E-state index contributed by atoms with van der Waals surface area (Å²) in [5, 5.41) is 0. The molecule has 0 atom stereocenters. The molecule has 0 aliphatic heterocycles. The van der Waals surface area contributed by atoms with Crippen LogP contribution in [0.5, 0.6) is 0 Å². The molecule has 0 unspecified atom stereocenters. The van der Waals surface area contributed by atoms with E-state index >= 15 is 0 Å². The summed E-state index contributed by atoms with van der Waals surface area (Å²) in [6.07, 6.45) is 20.4. The third-order valence-corrected chi connectivity index (χ3v) is 3.46. The molecule has 0 aliphatic rings. The van der Waals surface area contributed by atoms with Crippen LogP contribution in [0, 0.1) is 0 Å². The Hall–Kier alpha value is 0.870. The molecule has 0 saturated carbocycles. The van der Waals surface area contributed by atoms with Crippen molar-refractivity contribution in [3.8, 4) is 0 Å². The molecular weight excluding hydrogens is 311 g/mol. The molecule has 22 heavy (non-hydrogen) atoms. The van der Waals surface area contributed by atoms with Crippen molar-refractivity contribution < 1.29 is 48.5 Å². The van der Waals surface area contributed by atoms with E-state index < -0.39 is 10.4 Å². The monoisotopic (exact) mass is 348 g/mol. The van der Waals surface area contributed by atoms with Gasteiger partial charge in [0.1, 0.15) is 0 Å². The van der Waals surface area contributed by atoms with Gasteiger partial charge < -0.3 is 1.43 Å². The summed E-state index contributed by atoms with van der Waals surface area (Å²) in [7, 11) is -4.67. The van der Waals surface area contributed by atoms with Crippen LogP contribution in [0.15, 0.2) is 0 Å². The van der Waals surface area contributed by atoms with Gasteiger partial charge in [-0.3, -0.25) is 9.11 Å². The minimum atomic E-state index is -4.67. The average molecular weight is 349 g/mol. The molecule has 0 spiro atoms. The van der Waals surface area contributed by atoms with Crippen LogP contribution in [0.25, 0.3) is 0 Å². The van der Waals surface area contributed by atoms with Crippen molar-refractivity contribution in [1.82, 2.24) is 0 Å². The molecule has 2 N–H and O–H groups in total. The van der Waals surface area contributed by atoms with Crippen LogP contribution in [-0.2, 0) is 10.4 Å². The van der Waals surface area contributed by atoms with Crippen LogP contribution in [0.3, 0.4) is 0 Å². The summed E-state index contributed by atoms with van der Waals surface area (Å²) >= 11 is 0. The van der Waals surface area contributed by atoms with Gasteiger partial charge in [-0.2, -0.15) is 8.42 Å². The molecule has 0 bridgehead atoms. The first kappa shape index (κ1) is 27.7. The van der Waals surface area contributed by atoms with E-state index in [4.69, 9.17) is 17.5 Å². The Labute approximate surface area is 162 Å². The molecule has 6 heteroatoms. The van der Waals surface area contributed by atoms with Crippen molar-refractivity contribution in [3.63, 3.8) is 0 Å². The summed E-state index contributed by atoms with van der Waals surface area (Å²) in [6, 6.07) is 0. The van der Waals surface area contributed by atoms with E-state index in [1.807, 2.05) is 0 Å². The van der Waals surface area contributed by atoms with Gasteiger partial charge in [0.15, 0.2) is 0 Å². The zero-order valence-electron chi connectivity index (χ0n) is 16.0. The second-order valence-electron chi connectivity index (χ2n) is 5.69. The fourth-order valence-electron chi connectivity index (χ4n) is 2.27. The zero-order valence-corrected chi connectivity index (χ0v) is 17.8. The predicted molar refractivity (Wildman–Crippen MR) is 91.3 cm³/mol. The van der Waals surface area contributed by atoms with E-state index in [9.17, 15) is 0 Å². The predicted octanol–water partition coefficient (Wildman–Crippen LogP) is 2.95. The molecule has 0 rings (SSSR count). The van der Waals surface area contributed by atoms with Crippen molar-refractivity contribution in [2.45, 2.75) is 104 Å². The largest absolute Gasteiger partial charge is 1.00 e. The van der Waals surface area contributed by atoms with E-state index in [-0.39, 0.29) is 31.0 Å². The molecule has 0 aromatic carbocycles. The van der Waals surface area contributed by atoms with Crippen LogP contribution >= 0.6 is 0 Å². The molecular formula is C16H37NaO4S. The Bertz CT molecular complexity index is 266. The molecule has 0 amide bonds. The summed E-state index contributed by atoms with van der Waals surface area (Å²) in [6.45, 7) is 4.58. The number of hydrogen-bond acceptors (Lipinski definition) is 2. The van der Waals surface area contributed by atoms with Crippen molar-refractivity contribution in [1.29, 1.82) is 0 Å². The first-order valence-electron chi connectivity index (χ1n) is 8.61. The van der Waals surface area contributed by atoms with Gasteiger partial charge in [-0.25, -0.2) is 0 Å². The van der Waals surface area contributed by atoms with Gasteiger partial charge in [-0.15, -0.1) is 0 Å².